The first-order valence-corrected chi connectivity index (χ1v) is 5.92. The average Bonchev–Trinajstić information content (AvgIpc) is 2.35. The highest BCUT2D eigenvalue weighted by molar-refractivity contribution is 5.75. The minimum Gasteiger partial charge on any atom is -0.394 e. The van der Waals surface area contributed by atoms with Crippen LogP contribution >= 0.6 is 0 Å². The van der Waals surface area contributed by atoms with Gasteiger partial charge in [-0.3, -0.25) is 4.79 Å². The molecular weight excluding hydrogens is 242 g/mol. The van der Waals surface area contributed by atoms with E-state index in [4.69, 9.17) is 10.2 Å². The molecule has 0 rings (SSSR count). The maximum atomic E-state index is 11.4. The molecule has 0 saturated carbocycles. The predicted molar refractivity (Wildman–Crippen MR) is 63.7 cm³/mol. The van der Waals surface area contributed by atoms with Crippen molar-refractivity contribution in [2.75, 3.05) is 20.2 Å². The Morgan fingerprint density at radius 1 is 1.11 bits per heavy atom. The first-order valence-electron chi connectivity index (χ1n) is 5.92. The second-order valence-corrected chi connectivity index (χ2v) is 4.32. The summed E-state index contributed by atoms with van der Waals surface area (Å²) in [5, 5.41) is 46.3. The number of likely N-dealkylation sites (N-methyl/N-ethyl adjacent to an activating group) is 1. The molecule has 0 heterocycles. The van der Waals surface area contributed by atoms with E-state index in [0.29, 0.717) is 12.8 Å². The lowest BCUT2D eigenvalue weighted by Crippen LogP contribution is -2.49. The molecule has 7 nitrogen and oxygen atoms in total. The fourth-order valence-electron chi connectivity index (χ4n) is 1.46. The van der Waals surface area contributed by atoms with Crippen LogP contribution in [0.1, 0.15) is 19.8 Å². The zero-order valence-corrected chi connectivity index (χ0v) is 10.7. The highest BCUT2D eigenvalue weighted by Gasteiger charge is 2.31. The van der Waals surface area contributed by atoms with Gasteiger partial charge in [0.2, 0.25) is 5.91 Å². The number of hydrogen-bond acceptors (Lipinski definition) is 6. The Balaban J connectivity index is 4.30. The van der Waals surface area contributed by atoms with Gasteiger partial charge in [-0.05, 0) is 6.42 Å². The minimum atomic E-state index is -1.67. The summed E-state index contributed by atoms with van der Waals surface area (Å²) in [5.41, 5.74) is 0. The summed E-state index contributed by atoms with van der Waals surface area (Å²) >= 11 is 0. The molecule has 0 saturated heterocycles. The number of carbonyl (C=O) groups is 1. The number of amides is 1. The van der Waals surface area contributed by atoms with Crippen molar-refractivity contribution < 1.29 is 30.3 Å². The molecule has 18 heavy (non-hydrogen) atoms. The van der Waals surface area contributed by atoms with Gasteiger partial charge >= 0.3 is 0 Å². The maximum Gasteiger partial charge on any atom is 0.222 e. The molecule has 7 heteroatoms. The smallest absolute Gasteiger partial charge is 0.222 e. The van der Waals surface area contributed by atoms with Crippen LogP contribution in [0.5, 0.6) is 0 Å². The van der Waals surface area contributed by atoms with Crippen LogP contribution in [0.2, 0.25) is 0 Å². The summed E-state index contributed by atoms with van der Waals surface area (Å²) in [6.45, 7) is 0.961. The fraction of sp³-hybridized carbons (Fsp3) is 0.909. The van der Waals surface area contributed by atoms with Crippen molar-refractivity contribution >= 4 is 5.91 Å². The third-order valence-corrected chi connectivity index (χ3v) is 2.68. The lowest BCUT2D eigenvalue weighted by atomic mass is 10.0. The predicted octanol–water partition coefficient (Wildman–Crippen LogP) is -2.32. The van der Waals surface area contributed by atoms with Crippen LogP contribution in [-0.2, 0) is 4.79 Å². The van der Waals surface area contributed by atoms with Crippen molar-refractivity contribution in [3.63, 3.8) is 0 Å². The normalized spacial score (nSPS) is 17.9. The molecule has 0 aliphatic carbocycles. The molecule has 5 N–H and O–H groups in total. The second kappa shape index (κ2) is 8.39. The molecule has 0 bridgehead atoms. The van der Waals surface area contributed by atoms with Crippen molar-refractivity contribution in [3.05, 3.63) is 0 Å². The highest BCUT2D eigenvalue weighted by Crippen LogP contribution is 2.07. The quantitative estimate of drug-likeness (QED) is 0.336. The van der Waals surface area contributed by atoms with Gasteiger partial charge in [-0.1, -0.05) is 6.92 Å². The van der Waals surface area contributed by atoms with Crippen LogP contribution in [0.4, 0.5) is 0 Å². The van der Waals surface area contributed by atoms with Crippen molar-refractivity contribution in [1.29, 1.82) is 0 Å². The molecule has 0 radical (unpaired) electrons. The van der Waals surface area contributed by atoms with Crippen LogP contribution in [0.3, 0.4) is 0 Å². The van der Waals surface area contributed by atoms with Gasteiger partial charge in [0, 0.05) is 20.0 Å². The van der Waals surface area contributed by atoms with E-state index in [1.165, 1.54) is 11.9 Å². The van der Waals surface area contributed by atoms with Crippen molar-refractivity contribution in [2.45, 2.75) is 44.2 Å². The van der Waals surface area contributed by atoms with Crippen LogP contribution < -0.4 is 0 Å². The summed E-state index contributed by atoms with van der Waals surface area (Å²) in [5.74, 6) is -0.180. The van der Waals surface area contributed by atoms with Crippen LogP contribution in [-0.4, -0.2) is 81.0 Å². The van der Waals surface area contributed by atoms with E-state index in [-0.39, 0.29) is 12.5 Å². The Hall–Kier alpha value is -0.730. The summed E-state index contributed by atoms with van der Waals surface area (Å²) < 4.78 is 0. The molecule has 0 fully saturated rings. The topological polar surface area (TPSA) is 121 Å². The Bertz CT molecular complexity index is 250. The summed E-state index contributed by atoms with van der Waals surface area (Å²) in [6.07, 6.45) is -5.23. The SMILES string of the molecule is CCCC(=O)N(C)CC(O)C(O)C(O)C(O)CO. The third-order valence-electron chi connectivity index (χ3n) is 2.68. The van der Waals surface area contributed by atoms with E-state index in [1.807, 2.05) is 6.92 Å². The van der Waals surface area contributed by atoms with Gasteiger partial charge in [-0.2, -0.15) is 0 Å². The lowest BCUT2D eigenvalue weighted by molar-refractivity contribution is -0.138. The van der Waals surface area contributed by atoms with E-state index in [9.17, 15) is 20.1 Å². The Kier molecular flexibility index (Phi) is 8.05. The summed E-state index contributed by atoms with van der Waals surface area (Å²) in [7, 11) is 1.47. The molecular formula is C11H23NO6. The highest BCUT2D eigenvalue weighted by atomic mass is 16.4. The van der Waals surface area contributed by atoms with E-state index >= 15 is 0 Å². The number of hydrogen-bond donors (Lipinski definition) is 5. The minimum absolute atomic E-state index is 0.158. The van der Waals surface area contributed by atoms with Gasteiger partial charge in [0.25, 0.3) is 0 Å². The largest absolute Gasteiger partial charge is 0.394 e. The fourth-order valence-corrected chi connectivity index (χ4v) is 1.46. The van der Waals surface area contributed by atoms with Crippen molar-refractivity contribution in [3.8, 4) is 0 Å². The molecule has 0 aliphatic rings. The van der Waals surface area contributed by atoms with Gasteiger partial charge < -0.3 is 30.4 Å². The van der Waals surface area contributed by atoms with Gasteiger partial charge in [-0.25, -0.2) is 0 Å². The second-order valence-electron chi connectivity index (χ2n) is 4.32. The van der Waals surface area contributed by atoms with Gasteiger partial charge in [0.1, 0.15) is 24.4 Å². The van der Waals surface area contributed by atoms with E-state index in [2.05, 4.69) is 0 Å². The molecule has 4 unspecified atom stereocenters. The lowest BCUT2D eigenvalue weighted by Gasteiger charge is -2.28. The molecule has 0 aromatic heterocycles. The Morgan fingerprint density at radius 3 is 2.06 bits per heavy atom. The van der Waals surface area contributed by atoms with Crippen molar-refractivity contribution in [1.82, 2.24) is 4.90 Å². The van der Waals surface area contributed by atoms with Gasteiger partial charge in [0.05, 0.1) is 6.61 Å². The maximum absolute atomic E-state index is 11.4. The van der Waals surface area contributed by atoms with Crippen molar-refractivity contribution in [2.24, 2.45) is 0 Å². The third kappa shape index (κ3) is 5.28. The number of rotatable bonds is 8. The van der Waals surface area contributed by atoms with E-state index < -0.39 is 31.0 Å². The van der Waals surface area contributed by atoms with Crippen LogP contribution in [0.25, 0.3) is 0 Å². The zero-order valence-electron chi connectivity index (χ0n) is 10.7. The molecule has 0 aliphatic heterocycles. The number of aliphatic hydroxyl groups is 5. The molecule has 1 amide bonds. The molecule has 0 aromatic rings. The van der Waals surface area contributed by atoms with Crippen LogP contribution in [0, 0.1) is 0 Å². The molecule has 0 aromatic carbocycles. The standard InChI is InChI=1S/C11H23NO6/c1-3-4-9(16)12(2)5-7(14)10(17)11(18)8(15)6-13/h7-8,10-11,13-15,17-18H,3-6H2,1-2H3. The first-order chi connectivity index (χ1) is 8.34. The van der Waals surface area contributed by atoms with Crippen LogP contribution in [0.15, 0.2) is 0 Å². The van der Waals surface area contributed by atoms with E-state index in [1.54, 1.807) is 0 Å². The Labute approximate surface area is 106 Å². The molecule has 4 atom stereocenters. The van der Waals surface area contributed by atoms with Gasteiger partial charge in [-0.15, -0.1) is 0 Å². The average molecular weight is 265 g/mol. The zero-order chi connectivity index (χ0) is 14.3. The Morgan fingerprint density at radius 2 is 1.61 bits per heavy atom. The molecule has 108 valence electrons. The first kappa shape index (κ1) is 17.3. The number of nitrogens with zero attached hydrogens (tertiary/aromatic N) is 1. The summed E-state index contributed by atoms with van der Waals surface area (Å²) in [4.78, 5) is 12.7. The summed E-state index contributed by atoms with van der Waals surface area (Å²) in [6, 6.07) is 0. The monoisotopic (exact) mass is 265 g/mol. The number of aliphatic hydroxyl groups excluding tert-OH is 5. The molecule has 0 spiro atoms. The van der Waals surface area contributed by atoms with Gasteiger partial charge in [0.15, 0.2) is 0 Å². The number of carbonyl (C=O) groups excluding carboxylic acids is 1. The van der Waals surface area contributed by atoms with E-state index in [0.717, 1.165) is 0 Å².